The number of rotatable bonds is 8. The fraction of sp³-hybridized carbons (Fsp3) is 0.435. The van der Waals surface area contributed by atoms with E-state index in [1.165, 1.54) is 17.9 Å². The van der Waals surface area contributed by atoms with E-state index in [0.29, 0.717) is 17.9 Å². The highest BCUT2D eigenvalue weighted by molar-refractivity contribution is 6.91. The molecule has 3 heteroatoms. The second kappa shape index (κ2) is 9.18. The molecule has 2 atom stereocenters. The zero-order valence-corrected chi connectivity index (χ0v) is 17.7. The summed E-state index contributed by atoms with van der Waals surface area (Å²) in [5, 5.41) is 1.49. The molecule has 0 aromatic heterocycles. The summed E-state index contributed by atoms with van der Waals surface area (Å²) in [5.74, 6) is 0.646. The summed E-state index contributed by atoms with van der Waals surface area (Å²) in [5.41, 5.74) is 1.82. The molecule has 2 aromatic carbocycles. The molecule has 26 heavy (non-hydrogen) atoms. The van der Waals surface area contributed by atoms with E-state index in [0.717, 1.165) is 6.42 Å². The number of carbonyl (C=O) groups is 1. The van der Waals surface area contributed by atoms with Crippen molar-refractivity contribution < 1.29 is 9.53 Å². The molecule has 0 radical (unpaired) electrons. The summed E-state index contributed by atoms with van der Waals surface area (Å²) < 4.78 is 4.99. The van der Waals surface area contributed by atoms with Gasteiger partial charge in [-0.1, -0.05) is 92.8 Å². The molecular formula is C23H32O2Si. The van der Waals surface area contributed by atoms with Crippen LogP contribution in [-0.2, 0) is 9.53 Å². The predicted molar refractivity (Wildman–Crippen MR) is 113 cm³/mol. The van der Waals surface area contributed by atoms with Gasteiger partial charge in [0.25, 0.3) is 0 Å². The first kappa shape index (κ1) is 20.4. The molecular weight excluding hydrogens is 336 g/mol. The lowest BCUT2D eigenvalue weighted by Gasteiger charge is -2.38. The Kier molecular flexibility index (Phi) is 7.21. The summed E-state index contributed by atoms with van der Waals surface area (Å²) in [6.07, 6.45) is 1.47. The van der Waals surface area contributed by atoms with Gasteiger partial charge in [-0.05, 0) is 29.4 Å². The number of hydrogen-bond donors (Lipinski definition) is 0. The van der Waals surface area contributed by atoms with Crippen molar-refractivity contribution in [2.75, 3.05) is 7.11 Å². The van der Waals surface area contributed by atoms with Gasteiger partial charge >= 0.3 is 5.97 Å². The van der Waals surface area contributed by atoms with Crippen LogP contribution in [0, 0.1) is 5.92 Å². The zero-order valence-electron chi connectivity index (χ0n) is 16.7. The Morgan fingerprint density at radius 1 is 0.962 bits per heavy atom. The minimum atomic E-state index is -1.68. The molecule has 140 valence electrons. The van der Waals surface area contributed by atoms with Crippen LogP contribution in [0.4, 0.5) is 0 Å². The van der Waals surface area contributed by atoms with Crippen molar-refractivity contribution >= 4 is 19.2 Å². The third-order valence-corrected chi connectivity index (χ3v) is 10.3. The number of carbonyl (C=O) groups excluding carboxylic acids is 1. The van der Waals surface area contributed by atoms with E-state index in [-0.39, 0.29) is 11.9 Å². The highest BCUT2D eigenvalue weighted by atomic mass is 28.3. The first-order chi connectivity index (χ1) is 12.4. The van der Waals surface area contributed by atoms with E-state index in [2.05, 4.69) is 81.5 Å². The molecule has 2 nitrogen and oxygen atoms in total. The molecule has 0 bridgehead atoms. The van der Waals surface area contributed by atoms with Gasteiger partial charge in [-0.2, -0.15) is 0 Å². The molecule has 0 aliphatic rings. The second-order valence-electron chi connectivity index (χ2n) is 8.06. The van der Waals surface area contributed by atoms with Gasteiger partial charge in [0.2, 0.25) is 0 Å². The van der Waals surface area contributed by atoms with E-state index in [1.807, 2.05) is 6.07 Å². The lowest BCUT2D eigenvalue weighted by Crippen LogP contribution is -2.48. The Hall–Kier alpha value is -1.87. The minimum absolute atomic E-state index is 0.124. The molecule has 0 aliphatic carbocycles. The highest BCUT2D eigenvalue weighted by Crippen LogP contribution is 2.40. The van der Waals surface area contributed by atoms with Crippen molar-refractivity contribution in [3.63, 3.8) is 0 Å². The van der Waals surface area contributed by atoms with Crippen molar-refractivity contribution in [2.45, 2.75) is 51.2 Å². The van der Waals surface area contributed by atoms with Crippen LogP contribution < -0.4 is 5.19 Å². The minimum Gasteiger partial charge on any atom is -0.469 e. The normalized spacial score (nSPS) is 14.1. The second-order valence-corrected chi connectivity index (χ2v) is 12.8. The van der Waals surface area contributed by atoms with E-state index < -0.39 is 8.07 Å². The monoisotopic (exact) mass is 368 g/mol. The van der Waals surface area contributed by atoms with Gasteiger partial charge in [0, 0.05) is 0 Å². The van der Waals surface area contributed by atoms with E-state index in [9.17, 15) is 4.79 Å². The largest absolute Gasteiger partial charge is 0.469 e. The molecule has 2 rings (SSSR count). The maximum absolute atomic E-state index is 12.1. The average Bonchev–Trinajstić information content (AvgIpc) is 2.65. The highest BCUT2D eigenvalue weighted by Gasteiger charge is 2.37. The smallest absolute Gasteiger partial charge is 0.306 e. The number of esters is 1. The summed E-state index contributed by atoms with van der Waals surface area (Å²) in [6, 6.07) is 21.4. The summed E-state index contributed by atoms with van der Waals surface area (Å²) in [6.45, 7) is 9.57. The van der Waals surface area contributed by atoms with Gasteiger partial charge in [0.15, 0.2) is 0 Å². The summed E-state index contributed by atoms with van der Waals surface area (Å²) in [4.78, 5) is 12.1. The fourth-order valence-corrected chi connectivity index (χ4v) is 8.16. The van der Waals surface area contributed by atoms with Crippen LogP contribution in [0.25, 0.3) is 0 Å². The molecule has 0 heterocycles. The van der Waals surface area contributed by atoms with Gasteiger partial charge < -0.3 is 4.74 Å². The van der Waals surface area contributed by atoms with Crippen LogP contribution in [0.2, 0.25) is 18.6 Å². The number of methoxy groups -OCH3 is 1. The Labute approximate surface area is 159 Å². The Morgan fingerprint density at radius 3 is 2.00 bits per heavy atom. The first-order valence-corrected chi connectivity index (χ1v) is 12.6. The van der Waals surface area contributed by atoms with Gasteiger partial charge in [0.05, 0.1) is 21.6 Å². The van der Waals surface area contributed by atoms with Crippen molar-refractivity contribution in [1.82, 2.24) is 0 Å². The summed E-state index contributed by atoms with van der Waals surface area (Å²) in [7, 11) is -0.202. The quantitative estimate of drug-likeness (QED) is 0.463. The van der Waals surface area contributed by atoms with Crippen molar-refractivity contribution in [3.8, 4) is 0 Å². The van der Waals surface area contributed by atoms with Gasteiger partial charge in [0.1, 0.15) is 0 Å². The van der Waals surface area contributed by atoms with Crippen LogP contribution in [0.15, 0.2) is 60.7 Å². The predicted octanol–water partition coefficient (Wildman–Crippen LogP) is 5.37. The van der Waals surface area contributed by atoms with Crippen LogP contribution in [0.5, 0.6) is 0 Å². The zero-order chi connectivity index (χ0) is 19.2. The molecule has 0 spiro atoms. The lowest BCUT2D eigenvalue weighted by molar-refractivity contribution is -0.141. The Balaban J connectivity index is 2.33. The SMILES string of the molecule is COC(=O)C[C@H](C[C@H](C(C)C)[Si](C)(C)c1ccccc1)c1ccccc1. The average molecular weight is 369 g/mol. The third-order valence-electron chi connectivity index (χ3n) is 5.70. The maximum Gasteiger partial charge on any atom is 0.306 e. The van der Waals surface area contributed by atoms with E-state index in [4.69, 9.17) is 4.74 Å². The lowest BCUT2D eigenvalue weighted by atomic mass is 9.88. The number of hydrogen-bond acceptors (Lipinski definition) is 2. The summed E-state index contributed by atoms with van der Waals surface area (Å²) >= 11 is 0. The molecule has 0 amide bonds. The first-order valence-electron chi connectivity index (χ1n) is 9.53. The van der Waals surface area contributed by atoms with Crippen LogP contribution in [0.1, 0.15) is 38.2 Å². The van der Waals surface area contributed by atoms with Gasteiger partial charge in [-0.15, -0.1) is 0 Å². The van der Waals surface area contributed by atoms with E-state index in [1.54, 1.807) is 0 Å². The third kappa shape index (κ3) is 5.07. The Morgan fingerprint density at radius 2 is 1.50 bits per heavy atom. The van der Waals surface area contributed by atoms with Crippen LogP contribution in [-0.4, -0.2) is 21.2 Å². The van der Waals surface area contributed by atoms with Crippen molar-refractivity contribution in [1.29, 1.82) is 0 Å². The number of ether oxygens (including phenoxy) is 1. The topological polar surface area (TPSA) is 26.3 Å². The van der Waals surface area contributed by atoms with Crippen LogP contribution in [0.3, 0.4) is 0 Å². The fourth-order valence-electron chi connectivity index (χ4n) is 4.14. The van der Waals surface area contributed by atoms with E-state index >= 15 is 0 Å². The van der Waals surface area contributed by atoms with Crippen molar-refractivity contribution in [3.05, 3.63) is 66.2 Å². The molecule has 0 saturated carbocycles. The molecule has 0 aliphatic heterocycles. The molecule has 0 fully saturated rings. The standard InChI is InChI=1S/C23H32O2Si/c1-18(2)22(26(4,5)21-14-10-7-11-15-21)16-20(17-23(24)25-3)19-12-8-6-9-13-19/h6-15,18,20,22H,16-17H2,1-5H3/t20-,22+/m0/s1. The Bertz CT molecular complexity index is 680. The molecule has 0 saturated heterocycles. The van der Waals surface area contributed by atoms with Gasteiger partial charge in [-0.25, -0.2) is 0 Å². The maximum atomic E-state index is 12.1. The number of benzene rings is 2. The molecule has 0 N–H and O–H groups in total. The van der Waals surface area contributed by atoms with Crippen molar-refractivity contribution in [2.24, 2.45) is 5.92 Å². The molecule has 2 aromatic rings. The van der Waals surface area contributed by atoms with Gasteiger partial charge in [-0.3, -0.25) is 4.79 Å². The van der Waals surface area contributed by atoms with Crippen LogP contribution >= 0.6 is 0 Å². The molecule has 0 unspecified atom stereocenters.